The molecule has 2 unspecified atom stereocenters. The van der Waals surface area contributed by atoms with Crippen LogP contribution in [0.3, 0.4) is 0 Å². The molecule has 1 heterocycles. The van der Waals surface area contributed by atoms with Crippen molar-refractivity contribution in [1.82, 2.24) is 20.1 Å². The third-order valence-electron chi connectivity index (χ3n) is 3.21. The molecule has 112 valence electrons. The van der Waals surface area contributed by atoms with Crippen molar-refractivity contribution in [2.75, 3.05) is 6.61 Å². The average Bonchev–Trinajstić information content (AvgIpc) is 2.92. The Kier molecular flexibility index (Phi) is 5.05. The monoisotopic (exact) mass is 288 g/mol. The maximum Gasteiger partial charge on any atom is 0.327 e. The molecule has 0 amide bonds. The second-order valence-electron chi connectivity index (χ2n) is 4.78. The Morgan fingerprint density at radius 3 is 2.67 bits per heavy atom. The van der Waals surface area contributed by atoms with E-state index < -0.39 is 6.04 Å². The fraction of sp³-hybridized carbons (Fsp3) is 0.400. The van der Waals surface area contributed by atoms with Crippen LogP contribution in [0.4, 0.5) is 0 Å². The molecule has 0 saturated carbocycles. The zero-order valence-corrected chi connectivity index (χ0v) is 12.5. The molecule has 6 nitrogen and oxygen atoms in total. The number of hydrogen-bond donors (Lipinski definition) is 1. The molecule has 6 heteroatoms. The summed E-state index contributed by atoms with van der Waals surface area (Å²) in [6.07, 6.45) is 1.63. The van der Waals surface area contributed by atoms with Crippen molar-refractivity contribution in [3.05, 3.63) is 48.0 Å². The molecule has 1 N–H and O–H groups in total. The van der Waals surface area contributed by atoms with Gasteiger partial charge in [0.2, 0.25) is 0 Å². The van der Waals surface area contributed by atoms with Gasteiger partial charge in [-0.15, -0.1) is 10.2 Å². The van der Waals surface area contributed by atoms with E-state index in [0.29, 0.717) is 6.61 Å². The SMILES string of the molecule is CCOC(=O)C(NC(C)c1nncn1C)c1ccccc1. The van der Waals surface area contributed by atoms with Crippen molar-refractivity contribution >= 4 is 5.97 Å². The highest BCUT2D eigenvalue weighted by Crippen LogP contribution is 2.19. The van der Waals surface area contributed by atoms with Crippen LogP contribution >= 0.6 is 0 Å². The molecule has 2 rings (SSSR count). The van der Waals surface area contributed by atoms with E-state index in [2.05, 4.69) is 15.5 Å². The van der Waals surface area contributed by atoms with Crippen molar-refractivity contribution in [1.29, 1.82) is 0 Å². The molecular formula is C15H20N4O2. The van der Waals surface area contributed by atoms with Gasteiger partial charge in [0.15, 0.2) is 0 Å². The molecule has 1 aromatic heterocycles. The Balaban J connectivity index is 2.20. The Morgan fingerprint density at radius 2 is 2.10 bits per heavy atom. The minimum absolute atomic E-state index is 0.132. The highest BCUT2D eigenvalue weighted by atomic mass is 16.5. The van der Waals surface area contributed by atoms with Crippen molar-refractivity contribution in [3.63, 3.8) is 0 Å². The van der Waals surface area contributed by atoms with Gasteiger partial charge in [-0.25, -0.2) is 4.79 Å². The maximum absolute atomic E-state index is 12.2. The Labute approximate surface area is 124 Å². The first-order valence-electron chi connectivity index (χ1n) is 6.95. The van der Waals surface area contributed by atoms with Gasteiger partial charge in [0, 0.05) is 7.05 Å². The summed E-state index contributed by atoms with van der Waals surface area (Å²) < 4.78 is 6.99. The number of carbonyl (C=O) groups excluding carboxylic acids is 1. The van der Waals surface area contributed by atoms with Crippen LogP contribution in [0.15, 0.2) is 36.7 Å². The Morgan fingerprint density at radius 1 is 1.38 bits per heavy atom. The number of ether oxygens (including phenoxy) is 1. The van der Waals surface area contributed by atoms with E-state index in [0.717, 1.165) is 11.4 Å². The van der Waals surface area contributed by atoms with Gasteiger partial charge in [-0.2, -0.15) is 0 Å². The number of benzene rings is 1. The minimum atomic E-state index is -0.530. The van der Waals surface area contributed by atoms with Crippen molar-refractivity contribution < 1.29 is 9.53 Å². The molecule has 1 aromatic carbocycles. The Bertz CT molecular complexity index is 582. The molecule has 0 saturated heterocycles. The summed E-state index contributed by atoms with van der Waals surface area (Å²) in [5.74, 6) is 0.470. The lowest BCUT2D eigenvalue weighted by Gasteiger charge is -2.21. The first-order valence-corrected chi connectivity index (χ1v) is 6.95. The summed E-state index contributed by atoms with van der Waals surface area (Å²) in [5.41, 5.74) is 0.866. The first kappa shape index (κ1) is 15.2. The molecule has 0 aliphatic heterocycles. The van der Waals surface area contributed by atoms with Crippen molar-refractivity contribution in [2.45, 2.75) is 25.9 Å². The lowest BCUT2D eigenvalue weighted by atomic mass is 10.1. The number of hydrogen-bond acceptors (Lipinski definition) is 5. The van der Waals surface area contributed by atoms with Gasteiger partial charge in [-0.05, 0) is 19.4 Å². The van der Waals surface area contributed by atoms with Crippen molar-refractivity contribution in [3.8, 4) is 0 Å². The van der Waals surface area contributed by atoms with Crippen LogP contribution in [0.5, 0.6) is 0 Å². The third kappa shape index (κ3) is 3.66. The summed E-state index contributed by atoms with van der Waals surface area (Å²) in [5, 5.41) is 11.2. The average molecular weight is 288 g/mol. The van der Waals surface area contributed by atoms with Crippen LogP contribution < -0.4 is 5.32 Å². The lowest BCUT2D eigenvalue weighted by Crippen LogP contribution is -2.33. The number of nitrogens with zero attached hydrogens (tertiary/aromatic N) is 3. The van der Waals surface area contributed by atoms with Crippen LogP contribution in [-0.2, 0) is 16.6 Å². The van der Waals surface area contributed by atoms with Gasteiger partial charge < -0.3 is 9.30 Å². The molecule has 0 radical (unpaired) electrons. The standard InChI is InChI=1S/C15H20N4O2/c1-4-21-15(20)13(12-8-6-5-7-9-12)17-11(2)14-18-16-10-19(14)3/h5-11,13,17H,4H2,1-3H3. The van der Waals surface area contributed by atoms with E-state index in [-0.39, 0.29) is 12.0 Å². The number of aryl methyl sites for hydroxylation is 1. The summed E-state index contributed by atoms with van der Waals surface area (Å²) >= 11 is 0. The van der Waals surface area contributed by atoms with Crippen LogP contribution in [0.2, 0.25) is 0 Å². The van der Waals surface area contributed by atoms with Crippen LogP contribution in [0, 0.1) is 0 Å². The van der Waals surface area contributed by atoms with E-state index >= 15 is 0 Å². The van der Waals surface area contributed by atoms with Gasteiger partial charge in [0.05, 0.1) is 12.6 Å². The molecule has 0 aliphatic rings. The topological polar surface area (TPSA) is 69.0 Å². The molecule has 0 bridgehead atoms. The molecule has 2 aromatic rings. The molecule has 0 spiro atoms. The smallest absolute Gasteiger partial charge is 0.327 e. The normalized spacial score (nSPS) is 13.7. The zero-order chi connectivity index (χ0) is 15.2. The van der Waals surface area contributed by atoms with Crippen LogP contribution in [0.25, 0.3) is 0 Å². The summed E-state index contributed by atoms with van der Waals surface area (Å²) in [6.45, 7) is 4.09. The number of carbonyl (C=O) groups is 1. The van der Waals surface area contributed by atoms with Crippen LogP contribution in [0.1, 0.15) is 37.3 Å². The molecule has 21 heavy (non-hydrogen) atoms. The molecule has 0 aliphatic carbocycles. The lowest BCUT2D eigenvalue weighted by molar-refractivity contribution is -0.146. The maximum atomic E-state index is 12.2. The summed E-state index contributed by atoms with van der Waals surface area (Å²) in [4.78, 5) is 12.2. The number of nitrogens with one attached hydrogen (secondary N) is 1. The molecular weight excluding hydrogens is 268 g/mol. The Hall–Kier alpha value is -2.21. The largest absolute Gasteiger partial charge is 0.465 e. The highest BCUT2D eigenvalue weighted by molar-refractivity contribution is 5.77. The van der Waals surface area contributed by atoms with E-state index in [1.807, 2.05) is 48.9 Å². The summed E-state index contributed by atoms with van der Waals surface area (Å²) in [7, 11) is 1.87. The predicted molar refractivity (Wildman–Crippen MR) is 78.4 cm³/mol. The van der Waals surface area contributed by atoms with E-state index in [4.69, 9.17) is 4.74 Å². The number of aromatic nitrogens is 3. The number of esters is 1. The first-order chi connectivity index (χ1) is 10.1. The second-order valence-corrected chi connectivity index (χ2v) is 4.78. The number of rotatable bonds is 6. The van der Waals surface area contributed by atoms with E-state index in [9.17, 15) is 4.79 Å². The van der Waals surface area contributed by atoms with E-state index in [1.165, 1.54) is 0 Å². The minimum Gasteiger partial charge on any atom is -0.465 e. The quantitative estimate of drug-likeness (QED) is 0.820. The third-order valence-corrected chi connectivity index (χ3v) is 3.21. The second kappa shape index (κ2) is 6.99. The van der Waals surface area contributed by atoms with Gasteiger partial charge >= 0.3 is 5.97 Å². The molecule has 2 atom stereocenters. The van der Waals surface area contributed by atoms with Crippen molar-refractivity contribution in [2.24, 2.45) is 7.05 Å². The van der Waals surface area contributed by atoms with Gasteiger partial charge in [0.1, 0.15) is 18.2 Å². The zero-order valence-electron chi connectivity index (χ0n) is 12.5. The fourth-order valence-electron chi connectivity index (χ4n) is 2.18. The predicted octanol–water partition coefficient (Wildman–Crippen LogP) is 1.77. The van der Waals surface area contributed by atoms with E-state index in [1.54, 1.807) is 13.3 Å². The van der Waals surface area contributed by atoms with Gasteiger partial charge in [-0.1, -0.05) is 30.3 Å². The van der Waals surface area contributed by atoms with Gasteiger partial charge in [-0.3, -0.25) is 5.32 Å². The molecule has 0 fully saturated rings. The highest BCUT2D eigenvalue weighted by Gasteiger charge is 2.25. The van der Waals surface area contributed by atoms with Crippen LogP contribution in [-0.4, -0.2) is 27.3 Å². The summed E-state index contributed by atoms with van der Waals surface area (Å²) in [6, 6.07) is 8.85. The fourth-order valence-corrected chi connectivity index (χ4v) is 2.18. The van der Waals surface area contributed by atoms with Gasteiger partial charge in [0.25, 0.3) is 0 Å².